The van der Waals surface area contributed by atoms with Gasteiger partial charge in [0.05, 0.1) is 5.92 Å². The highest BCUT2D eigenvalue weighted by molar-refractivity contribution is 5.79. The Hall–Kier alpha value is -0.790. The smallest absolute Gasteiger partial charge is 0.313 e. The summed E-state index contributed by atoms with van der Waals surface area (Å²) in [6.45, 7) is 4.11. The van der Waals surface area contributed by atoms with Crippen LogP contribution in [0.2, 0.25) is 0 Å². The molecule has 2 rings (SSSR count). The molecule has 0 N–H and O–H groups in total. The van der Waals surface area contributed by atoms with Crippen molar-refractivity contribution in [3.63, 3.8) is 0 Å². The Morgan fingerprint density at radius 3 is 3.00 bits per heavy atom. The van der Waals surface area contributed by atoms with E-state index in [1.54, 1.807) is 0 Å². The summed E-state index contributed by atoms with van der Waals surface area (Å²) >= 11 is 0. The van der Waals surface area contributed by atoms with Gasteiger partial charge in [-0.2, -0.15) is 0 Å². The number of ether oxygens (including phenoxy) is 1. The van der Waals surface area contributed by atoms with Gasteiger partial charge in [0, 0.05) is 12.3 Å². The van der Waals surface area contributed by atoms with Crippen molar-refractivity contribution in [1.82, 2.24) is 0 Å². The molecule has 2 heteroatoms. The molecule has 0 aromatic rings. The monoisotopic (exact) mass is 152 g/mol. The molecule has 0 amide bonds. The maximum atomic E-state index is 11.2. The maximum absolute atomic E-state index is 11.2. The van der Waals surface area contributed by atoms with Crippen LogP contribution in [-0.4, -0.2) is 12.1 Å². The fourth-order valence-electron chi connectivity index (χ4n) is 2.05. The fraction of sp³-hybridized carbons (Fsp3) is 0.667. The van der Waals surface area contributed by atoms with Gasteiger partial charge >= 0.3 is 5.97 Å². The Morgan fingerprint density at radius 1 is 1.64 bits per heavy atom. The molecule has 3 atom stereocenters. The lowest BCUT2D eigenvalue weighted by Gasteiger charge is -2.20. The fourth-order valence-corrected chi connectivity index (χ4v) is 2.05. The molecule has 3 unspecified atom stereocenters. The van der Waals surface area contributed by atoms with E-state index in [-0.39, 0.29) is 18.0 Å². The minimum Gasteiger partial charge on any atom is -0.461 e. The molecule has 0 aromatic carbocycles. The van der Waals surface area contributed by atoms with Crippen molar-refractivity contribution in [2.75, 3.05) is 0 Å². The number of carbonyl (C=O) groups is 1. The molecule has 0 spiro atoms. The van der Waals surface area contributed by atoms with Crippen LogP contribution in [0.15, 0.2) is 11.6 Å². The molecule has 2 bridgehead atoms. The molecule has 0 aromatic heterocycles. The Bertz CT molecular complexity index is 230. The van der Waals surface area contributed by atoms with E-state index in [2.05, 4.69) is 13.0 Å². The topological polar surface area (TPSA) is 26.3 Å². The first-order valence-corrected chi connectivity index (χ1v) is 4.07. The summed E-state index contributed by atoms with van der Waals surface area (Å²) in [5.74, 6) is 0.440. The van der Waals surface area contributed by atoms with Gasteiger partial charge in [-0.3, -0.25) is 4.79 Å². The first kappa shape index (κ1) is 6.89. The highest BCUT2D eigenvalue weighted by Crippen LogP contribution is 2.38. The van der Waals surface area contributed by atoms with E-state index in [9.17, 15) is 4.79 Å². The highest BCUT2D eigenvalue weighted by atomic mass is 16.6. The quantitative estimate of drug-likeness (QED) is 0.388. The van der Waals surface area contributed by atoms with Crippen LogP contribution in [0.1, 0.15) is 20.3 Å². The molecule has 11 heavy (non-hydrogen) atoms. The van der Waals surface area contributed by atoms with Crippen LogP contribution in [0.3, 0.4) is 0 Å². The van der Waals surface area contributed by atoms with Gasteiger partial charge in [0.25, 0.3) is 0 Å². The van der Waals surface area contributed by atoms with Crippen molar-refractivity contribution in [2.24, 2.45) is 11.8 Å². The lowest BCUT2D eigenvalue weighted by Crippen LogP contribution is -2.22. The molecular weight excluding hydrogens is 140 g/mol. The highest BCUT2D eigenvalue weighted by Gasteiger charge is 2.44. The van der Waals surface area contributed by atoms with Crippen molar-refractivity contribution < 1.29 is 9.53 Å². The lowest BCUT2D eigenvalue weighted by molar-refractivity contribution is -0.142. The minimum absolute atomic E-state index is 0.0197. The zero-order valence-corrected chi connectivity index (χ0v) is 6.83. The lowest BCUT2D eigenvalue weighted by atomic mass is 9.81. The van der Waals surface area contributed by atoms with Gasteiger partial charge in [-0.1, -0.05) is 18.6 Å². The summed E-state index contributed by atoms with van der Waals surface area (Å²) in [5.41, 5.74) is 1.19. The minimum atomic E-state index is -0.0197. The third-order valence-corrected chi connectivity index (χ3v) is 2.80. The first-order chi connectivity index (χ1) is 5.20. The van der Waals surface area contributed by atoms with E-state index in [0.29, 0.717) is 5.92 Å². The van der Waals surface area contributed by atoms with Crippen LogP contribution < -0.4 is 0 Å². The maximum Gasteiger partial charge on any atom is 0.313 e. The Labute approximate surface area is 66.2 Å². The van der Waals surface area contributed by atoms with Gasteiger partial charge in [-0.05, 0) is 6.92 Å². The number of hydrogen-bond donors (Lipinski definition) is 0. The van der Waals surface area contributed by atoms with Gasteiger partial charge in [-0.15, -0.1) is 0 Å². The van der Waals surface area contributed by atoms with Crippen LogP contribution in [0, 0.1) is 11.8 Å². The zero-order valence-electron chi connectivity index (χ0n) is 6.83. The molecule has 1 fully saturated rings. The number of fused-ring (bicyclic) bond motifs is 2. The molecule has 0 radical (unpaired) electrons. The molecule has 2 aliphatic rings. The normalized spacial score (nSPS) is 41.8. The summed E-state index contributed by atoms with van der Waals surface area (Å²) in [7, 11) is 0. The number of carbonyl (C=O) groups excluding carboxylic acids is 1. The molecule has 1 aliphatic carbocycles. The number of rotatable bonds is 0. The predicted octanol–water partition coefficient (Wildman–Crippen LogP) is 1.51. The predicted molar refractivity (Wildman–Crippen MR) is 40.9 cm³/mol. The van der Waals surface area contributed by atoms with Crippen molar-refractivity contribution in [3.8, 4) is 0 Å². The molecule has 0 saturated carbocycles. The zero-order chi connectivity index (χ0) is 8.01. The summed E-state index contributed by atoms with van der Waals surface area (Å²) in [5, 5.41) is 0. The van der Waals surface area contributed by atoms with E-state index >= 15 is 0 Å². The van der Waals surface area contributed by atoms with Gasteiger partial charge < -0.3 is 4.74 Å². The summed E-state index contributed by atoms with van der Waals surface area (Å²) in [6.07, 6.45) is 3.20. The van der Waals surface area contributed by atoms with E-state index in [4.69, 9.17) is 4.74 Å². The number of esters is 1. The van der Waals surface area contributed by atoms with Crippen LogP contribution >= 0.6 is 0 Å². The average Bonchev–Trinajstić information content (AvgIpc) is 2.11. The summed E-state index contributed by atoms with van der Waals surface area (Å²) in [4.78, 5) is 11.2. The summed E-state index contributed by atoms with van der Waals surface area (Å²) in [6, 6.07) is 0. The second kappa shape index (κ2) is 2.10. The van der Waals surface area contributed by atoms with Crippen molar-refractivity contribution in [3.05, 3.63) is 11.6 Å². The molecule has 1 heterocycles. The average molecular weight is 152 g/mol. The third kappa shape index (κ3) is 0.817. The van der Waals surface area contributed by atoms with Crippen molar-refractivity contribution in [2.45, 2.75) is 26.4 Å². The summed E-state index contributed by atoms with van der Waals surface area (Å²) < 4.78 is 5.18. The van der Waals surface area contributed by atoms with E-state index in [1.807, 2.05) is 6.92 Å². The first-order valence-electron chi connectivity index (χ1n) is 4.07. The molecule has 60 valence electrons. The van der Waals surface area contributed by atoms with Crippen LogP contribution in [0.4, 0.5) is 0 Å². The van der Waals surface area contributed by atoms with E-state index in [1.165, 1.54) is 5.57 Å². The standard InChI is InChI=1S/C9H12O2/c1-5-3-4-7-6(2)8(5)9(10)11-7/h3,6-8H,4H2,1-2H3. The largest absolute Gasteiger partial charge is 0.461 e. The Morgan fingerprint density at radius 2 is 2.36 bits per heavy atom. The van der Waals surface area contributed by atoms with Crippen LogP contribution in [0.5, 0.6) is 0 Å². The van der Waals surface area contributed by atoms with Gasteiger partial charge in [0.2, 0.25) is 0 Å². The van der Waals surface area contributed by atoms with Crippen molar-refractivity contribution in [1.29, 1.82) is 0 Å². The Balaban J connectivity index is 2.37. The van der Waals surface area contributed by atoms with Gasteiger partial charge in [-0.25, -0.2) is 0 Å². The SMILES string of the molecule is CC1=CCC2OC(=O)C1C2C. The van der Waals surface area contributed by atoms with Crippen LogP contribution in [0.25, 0.3) is 0 Å². The third-order valence-electron chi connectivity index (χ3n) is 2.80. The van der Waals surface area contributed by atoms with Gasteiger partial charge in [0.1, 0.15) is 6.10 Å². The van der Waals surface area contributed by atoms with E-state index in [0.717, 1.165) is 6.42 Å². The van der Waals surface area contributed by atoms with E-state index < -0.39 is 0 Å². The van der Waals surface area contributed by atoms with Crippen molar-refractivity contribution >= 4 is 5.97 Å². The molecule has 1 saturated heterocycles. The second-order valence-corrected chi connectivity index (χ2v) is 3.50. The molecule has 2 nitrogen and oxygen atoms in total. The van der Waals surface area contributed by atoms with Crippen LogP contribution in [-0.2, 0) is 9.53 Å². The second-order valence-electron chi connectivity index (χ2n) is 3.50. The van der Waals surface area contributed by atoms with Gasteiger partial charge in [0.15, 0.2) is 0 Å². The Kier molecular flexibility index (Phi) is 1.31. The molecular formula is C9H12O2. The molecule has 1 aliphatic heterocycles. The number of hydrogen-bond acceptors (Lipinski definition) is 2.